The maximum Gasteiger partial charge on any atom is 0.136 e. The number of dihydropyridines is 1. The van der Waals surface area contributed by atoms with Gasteiger partial charge < -0.3 is 0 Å². The van der Waals surface area contributed by atoms with E-state index in [0.29, 0.717) is 24.0 Å². The number of Topliss-reactive ketones (excluding diaryl/α,β-unsaturated/α-hetero) is 1. The molecule has 2 heteroatoms. The Bertz CT molecular complexity index is 542. The van der Waals surface area contributed by atoms with Crippen LogP contribution < -0.4 is 0 Å². The molecule has 2 atom stereocenters. The third-order valence-electron chi connectivity index (χ3n) is 4.45. The van der Waals surface area contributed by atoms with Crippen molar-refractivity contribution >= 4 is 12.0 Å². The molecule has 1 aromatic carbocycles. The second-order valence-electron chi connectivity index (χ2n) is 6.70. The lowest BCUT2D eigenvalue weighted by Gasteiger charge is -2.19. The van der Waals surface area contributed by atoms with E-state index in [1.165, 1.54) is 11.1 Å². The molecule has 0 saturated carbocycles. The van der Waals surface area contributed by atoms with Crippen molar-refractivity contribution in [2.45, 2.75) is 40.0 Å². The molecule has 1 aromatic rings. The van der Waals surface area contributed by atoms with Crippen LogP contribution in [0.4, 0.5) is 0 Å². The second kappa shape index (κ2) is 8.07. The highest BCUT2D eigenvalue weighted by Crippen LogP contribution is 2.21. The maximum absolute atomic E-state index is 12.3. The fraction of sp³-hybridized carbons (Fsp3) is 0.500. The number of allylic oxidation sites excluding steroid dienone is 1. The summed E-state index contributed by atoms with van der Waals surface area (Å²) in [6, 6.07) is 10.3. The van der Waals surface area contributed by atoms with Gasteiger partial charge in [0.25, 0.3) is 0 Å². The summed E-state index contributed by atoms with van der Waals surface area (Å²) in [5.41, 5.74) is 2.46. The average molecular weight is 297 g/mol. The standard InChI is InChI=1S/C20H27NO/c1-15(2)19-12-18(13-21-14-19)9-10-20(22)16(3)11-17-7-5-4-6-8-17/h4-8,12-13,15-16,19H,9-11,14H2,1-3H3/t16-,19?/m0/s1. The lowest BCUT2D eigenvalue weighted by molar-refractivity contribution is -0.122. The van der Waals surface area contributed by atoms with Crippen LogP contribution >= 0.6 is 0 Å². The molecular weight excluding hydrogens is 270 g/mol. The molecule has 2 rings (SSSR count). The third kappa shape index (κ3) is 4.94. The van der Waals surface area contributed by atoms with Gasteiger partial charge in [0.15, 0.2) is 0 Å². The largest absolute Gasteiger partial charge is 0.299 e. The van der Waals surface area contributed by atoms with Gasteiger partial charge in [0, 0.05) is 25.1 Å². The summed E-state index contributed by atoms with van der Waals surface area (Å²) in [6.07, 6.45) is 6.55. The Morgan fingerprint density at radius 1 is 1.23 bits per heavy atom. The Labute approximate surface area is 134 Å². The van der Waals surface area contributed by atoms with Gasteiger partial charge >= 0.3 is 0 Å². The molecule has 1 aliphatic heterocycles. The van der Waals surface area contributed by atoms with E-state index in [9.17, 15) is 4.79 Å². The first-order chi connectivity index (χ1) is 10.6. The number of aliphatic imine (C=N–C) groups is 1. The summed E-state index contributed by atoms with van der Waals surface area (Å²) < 4.78 is 0. The molecule has 0 radical (unpaired) electrons. The Morgan fingerprint density at radius 3 is 2.64 bits per heavy atom. The van der Waals surface area contributed by atoms with Crippen molar-refractivity contribution in [3.8, 4) is 0 Å². The van der Waals surface area contributed by atoms with Gasteiger partial charge in [-0.15, -0.1) is 0 Å². The third-order valence-corrected chi connectivity index (χ3v) is 4.45. The highest BCUT2D eigenvalue weighted by atomic mass is 16.1. The molecule has 2 nitrogen and oxygen atoms in total. The minimum atomic E-state index is 0.0874. The van der Waals surface area contributed by atoms with Gasteiger partial charge in [0.05, 0.1) is 0 Å². The number of ketones is 1. The molecule has 0 N–H and O–H groups in total. The monoisotopic (exact) mass is 297 g/mol. The Kier molecular flexibility index (Phi) is 6.11. The molecule has 0 saturated heterocycles. The van der Waals surface area contributed by atoms with Gasteiger partial charge in [-0.25, -0.2) is 0 Å². The first kappa shape index (κ1) is 16.7. The zero-order chi connectivity index (χ0) is 15.9. The van der Waals surface area contributed by atoms with E-state index in [1.54, 1.807) is 0 Å². The fourth-order valence-corrected chi connectivity index (χ4v) is 2.81. The van der Waals surface area contributed by atoms with Gasteiger partial charge in [-0.2, -0.15) is 0 Å². The van der Waals surface area contributed by atoms with Gasteiger partial charge in [-0.05, 0) is 35.8 Å². The molecule has 118 valence electrons. The van der Waals surface area contributed by atoms with E-state index >= 15 is 0 Å². The molecule has 0 amide bonds. The highest BCUT2D eigenvalue weighted by Gasteiger charge is 2.17. The van der Waals surface area contributed by atoms with Crippen LogP contribution in [0.1, 0.15) is 39.2 Å². The van der Waals surface area contributed by atoms with Gasteiger partial charge in [0.2, 0.25) is 0 Å². The molecule has 0 aliphatic carbocycles. The number of carbonyl (C=O) groups is 1. The van der Waals surface area contributed by atoms with Gasteiger partial charge in [0.1, 0.15) is 5.78 Å². The molecule has 1 aliphatic rings. The number of benzene rings is 1. The van der Waals surface area contributed by atoms with Crippen LogP contribution in [-0.2, 0) is 11.2 Å². The number of carbonyl (C=O) groups excluding carboxylic acids is 1. The summed E-state index contributed by atoms with van der Waals surface area (Å²) in [5, 5.41) is 0. The van der Waals surface area contributed by atoms with E-state index < -0.39 is 0 Å². The summed E-state index contributed by atoms with van der Waals surface area (Å²) in [7, 11) is 0. The van der Waals surface area contributed by atoms with Crippen molar-refractivity contribution in [2.75, 3.05) is 6.54 Å². The van der Waals surface area contributed by atoms with Crippen LogP contribution in [0.3, 0.4) is 0 Å². The lowest BCUT2D eigenvalue weighted by atomic mass is 9.89. The zero-order valence-electron chi connectivity index (χ0n) is 14.0. The van der Waals surface area contributed by atoms with Crippen molar-refractivity contribution in [3.63, 3.8) is 0 Å². The van der Waals surface area contributed by atoms with Crippen LogP contribution in [0, 0.1) is 17.8 Å². The SMILES string of the molecule is CC(C)C1C=C(CCC(=O)[C@@H](C)Cc2ccccc2)C=NC1. The molecule has 0 aromatic heterocycles. The second-order valence-corrected chi connectivity index (χ2v) is 6.70. The number of rotatable bonds is 7. The minimum absolute atomic E-state index is 0.0874. The van der Waals surface area contributed by atoms with Crippen molar-refractivity contribution in [1.29, 1.82) is 0 Å². The fourth-order valence-electron chi connectivity index (χ4n) is 2.81. The Morgan fingerprint density at radius 2 is 1.95 bits per heavy atom. The molecular formula is C20H27NO. The number of hydrogen-bond donors (Lipinski definition) is 0. The summed E-state index contributed by atoms with van der Waals surface area (Å²) in [4.78, 5) is 16.8. The average Bonchev–Trinajstić information content (AvgIpc) is 2.53. The maximum atomic E-state index is 12.3. The van der Waals surface area contributed by atoms with Crippen LogP contribution in [-0.4, -0.2) is 18.5 Å². The molecule has 0 spiro atoms. The predicted octanol–water partition coefficient (Wildman–Crippen LogP) is 4.50. The lowest BCUT2D eigenvalue weighted by Crippen LogP contribution is -2.16. The minimum Gasteiger partial charge on any atom is -0.299 e. The number of nitrogens with zero attached hydrogens (tertiary/aromatic N) is 1. The van der Waals surface area contributed by atoms with Crippen LogP contribution in [0.2, 0.25) is 0 Å². The molecule has 0 bridgehead atoms. The van der Waals surface area contributed by atoms with E-state index in [2.05, 4.69) is 37.0 Å². The first-order valence-electron chi connectivity index (χ1n) is 8.33. The van der Waals surface area contributed by atoms with Crippen LogP contribution in [0.25, 0.3) is 0 Å². The van der Waals surface area contributed by atoms with Crippen molar-refractivity contribution < 1.29 is 4.79 Å². The molecule has 0 fully saturated rings. The Balaban J connectivity index is 1.83. The molecule has 22 heavy (non-hydrogen) atoms. The Hall–Kier alpha value is -1.70. The van der Waals surface area contributed by atoms with Crippen LogP contribution in [0.5, 0.6) is 0 Å². The van der Waals surface area contributed by atoms with E-state index in [4.69, 9.17) is 0 Å². The van der Waals surface area contributed by atoms with Crippen molar-refractivity contribution in [1.82, 2.24) is 0 Å². The molecule has 1 unspecified atom stereocenters. The topological polar surface area (TPSA) is 29.4 Å². The van der Waals surface area contributed by atoms with E-state index in [0.717, 1.165) is 19.4 Å². The quantitative estimate of drug-likeness (QED) is 0.728. The van der Waals surface area contributed by atoms with E-state index in [-0.39, 0.29) is 5.92 Å². The van der Waals surface area contributed by atoms with Crippen molar-refractivity contribution in [2.24, 2.45) is 22.7 Å². The molecule has 1 heterocycles. The summed E-state index contributed by atoms with van der Waals surface area (Å²) >= 11 is 0. The summed E-state index contributed by atoms with van der Waals surface area (Å²) in [6.45, 7) is 7.38. The summed E-state index contributed by atoms with van der Waals surface area (Å²) in [5.74, 6) is 1.58. The number of hydrogen-bond acceptors (Lipinski definition) is 2. The highest BCUT2D eigenvalue weighted by molar-refractivity contribution is 5.84. The van der Waals surface area contributed by atoms with E-state index in [1.807, 2.05) is 31.3 Å². The van der Waals surface area contributed by atoms with Crippen LogP contribution in [0.15, 0.2) is 47.0 Å². The normalized spacial score (nSPS) is 19.1. The van der Waals surface area contributed by atoms with Crippen molar-refractivity contribution in [3.05, 3.63) is 47.5 Å². The zero-order valence-corrected chi connectivity index (χ0v) is 14.0. The first-order valence-corrected chi connectivity index (χ1v) is 8.33. The smallest absolute Gasteiger partial charge is 0.136 e. The van der Waals surface area contributed by atoms with Gasteiger partial charge in [-0.1, -0.05) is 57.2 Å². The van der Waals surface area contributed by atoms with Gasteiger partial charge in [-0.3, -0.25) is 9.79 Å². The predicted molar refractivity (Wildman–Crippen MR) is 93.3 cm³/mol.